The van der Waals surface area contributed by atoms with Crippen molar-refractivity contribution in [2.24, 2.45) is 5.92 Å². The molecule has 196 valence electrons. The summed E-state index contributed by atoms with van der Waals surface area (Å²) in [7, 11) is 0. The molecular formula is C31H38N2O4. The second-order valence-corrected chi connectivity index (χ2v) is 10.5. The van der Waals surface area contributed by atoms with Gasteiger partial charge in [0.2, 0.25) is 5.89 Å². The largest absolute Gasteiger partial charge is 0.481 e. The number of carbonyl (C=O) groups excluding carboxylic acids is 1. The zero-order valence-electron chi connectivity index (χ0n) is 21.7. The molecule has 1 aromatic heterocycles. The molecule has 1 saturated carbocycles. The highest BCUT2D eigenvalue weighted by Gasteiger charge is 2.35. The molecule has 1 fully saturated rings. The Hall–Kier alpha value is -3.41. The van der Waals surface area contributed by atoms with Crippen LogP contribution < -0.4 is 5.32 Å². The molecule has 1 aliphatic carbocycles. The van der Waals surface area contributed by atoms with Crippen molar-refractivity contribution in [2.75, 3.05) is 6.54 Å². The topological polar surface area (TPSA) is 92.4 Å². The molecule has 6 heteroatoms. The first-order valence-electron chi connectivity index (χ1n) is 13.6. The van der Waals surface area contributed by atoms with Crippen molar-refractivity contribution in [3.63, 3.8) is 0 Å². The van der Waals surface area contributed by atoms with E-state index in [0.29, 0.717) is 25.3 Å². The summed E-state index contributed by atoms with van der Waals surface area (Å²) in [6, 6.07) is 17.0. The molecule has 3 aromatic rings. The molecule has 37 heavy (non-hydrogen) atoms. The number of carbonyl (C=O) groups is 2. The van der Waals surface area contributed by atoms with Crippen molar-refractivity contribution in [1.82, 2.24) is 10.3 Å². The van der Waals surface area contributed by atoms with Gasteiger partial charge in [0.15, 0.2) is 5.69 Å². The lowest BCUT2D eigenvalue weighted by atomic mass is 9.77. The van der Waals surface area contributed by atoms with Gasteiger partial charge in [0.25, 0.3) is 5.91 Å². The number of rotatable bonds is 12. The molecule has 1 aliphatic rings. The molecule has 0 bridgehead atoms. The maximum Gasteiger partial charge on any atom is 0.313 e. The number of carboxylic acid groups (broad SMARTS) is 1. The average molecular weight is 503 g/mol. The Labute approximate surface area is 219 Å². The lowest BCUT2D eigenvalue weighted by Crippen LogP contribution is -2.33. The van der Waals surface area contributed by atoms with Crippen LogP contribution in [0.5, 0.6) is 0 Å². The van der Waals surface area contributed by atoms with E-state index in [1.165, 1.54) is 44.8 Å². The van der Waals surface area contributed by atoms with Crippen molar-refractivity contribution in [1.29, 1.82) is 0 Å². The van der Waals surface area contributed by atoms with Crippen molar-refractivity contribution < 1.29 is 19.1 Å². The minimum absolute atomic E-state index is 0.229. The fourth-order valence-corrected chi connectivity index (χ4v) is 5.34. The normalized spacial score (nSPS) is 15.7. The van der Waals surface area contributed by atoms with Gasteiger partial charge in [-0.25, -0.2) is 4.98 Å². The average Bonchev–Trinajstić information content (AvgIpc) is 3.43. The number of nitrogens with zero attached hydrogens (tertiary/aromatic N) is 1. The molecule has 4 rings (SSSR count). The predicted molar refractivity (Wildman–Crippen MR) is 144 cm³/mol. The van der Waals surface area contributed by atoms with Crippen LogP contribution in [0.15, 0.2) is 65.3 Å². The van der Waals surface area contributed by atoms with Crippen LogP contribution >= 0.6 is 0 Å². The van der Waals surface area contributed by atoms with E-state index in [1.807, 2.05) is 54.6 Å². The molecule has 1 heterocycles. The van der Waals surface area contributed by atoms with E-state index in [2.05, 4.69) is 10.3 Å². The third-order valence-electron chi connectivity index (χ3n) is 7.81. The molecule has 1 unspecified atom stereocenters. The van der Waals surface area contributed by atoms with Crippen molar-refractivity contribution in [2.45, 2.75) is 76.5 Å². The fourth-order valence-electron chi connectivity index (χ4n) is 5.34. The van der Waals surface area contributed by atoms with Gasteiger partial charge in [-0.15, -0.1) is 0 Å². The van der Waals surface area contributed by atoms with Gasteiger partial charge in [-0.05, 0) is 49.3 Å². The van der Waals surface area contributed by atoms with E-state index in [9.17, 15) is 14.7 Å². The molecule has 2 N–H and O–H groups in total. The molecule has 0 saturated heterocycles. The van der Waals surface area contributed by atoms with Gasteiger partial charge in [0.05, 0.1) is 5.41 Å². The van der Waals surface area contributed by atoms with Crippen LogP contribution in [0.4, 0.5) is 0 Å². The van der Waals surface area contributed by atoms with Crippen molar-refractivity contribution in [3.05, 3.63) is 77.7 Å². The van der Waals surface area contributed by atoms with Gasteiger partial charge in [0.1, 0.15) is 6.26 Å². The van der Waals surface area contributed by atoms with Crippen LogP contribution in [0.1, 0.15) is 86.3 Å². The van der Waals surface area contributed by atoms with Crippen molar-refractivity contribution >= 4 is 11.9 Å². The minimum atomic E-state index is -1.02. The van der Waals surface area contributed by atoms with Gasteiger partial charge in [0, 0.05) is 12.1 Å². The number of unbranched alkanes of at least 4 members (excludes halogenated alkanes) is 1. The highest BCUT2D eigenvalue weighted by molar-refractivity contribution is 5.92. The van der Waals surface area contributed by atoms with Crippen molar-refractivity contribution in [3.8, 4) is 11.5 Å². The van der Waals surface area contributed by atoms with E-state index in [1.54, 1.807) is 6.92 Å². The zero-order chi connectivity index (χ0) is 26.1. The quantitative estimate of drug-likeness (QED) is 0.266. The van der Waals surface area contributed by atoms with Gasteiger partial charge in [-0.2, -0.15) is 0 Å². The number of aryl methyl sites for hydroxylation is 1. The number of hydrogen-bond donors (Lipinski definition) is 2. The molecular weight excluding hydrogens is 464 g/mol. The molecule has 0 aliphatic heterocycles. The number of aliphatic carboxylic acids is 1. The number of oxazole rings is 1. The predicted octanol–water partition coefficient (Wildman–Crippen LogP) is 6.80. The summed E-state index contributed by atoms with van der Waals surface area (Å²) in [5.74, 6) is 0.149. The van der Waals surface area contributed by atoms with Crippen LogP contribution in [0.3, 0.4) is 0 Å². The zero-order valence-corrected chi connectivity index (χ0v) is 21.7. The molecule has 2 aromatic carbocycles. The Bertz CT molecular complexity index is 1170. The van der Waals surface area contributed by atoms with E-state index < -0.39 is 11.4 Å². The monoisotopic (exact) mass is 502 g/mol. The Morgan fingerprint density at radius 1 is 1.03 bits per heavy atom. The second-order valence-electron chi connectivity index (χ2n) is 10.5. The smallest absolute Gasteiger partial charge is 0.313 e. The molecule has 1 atom stereocenters. The summed E-state index contributed by atoms with van der Waals surface area (Å²) in [4.78, 5) is 29.3. The molecule has 1 amide bonds. The summed E-state index contributed by atoms with van der Waals surface area (Å²) in [6.45, 7) is 2.40. The maximum atomic E-state index is 12.6. The number of hydrogen-bond acceptors (Lipinski definition) is 4. The maximum absolute atomic E-state index is 12.6. The summed E-state index contributed by atoms with van der Waals surface area (Å²) in [6.07, 6.45) is 12.5. The van der Waals surface area contributed by atoms with Crippen LogP contribution in [0.2, 0.25) is 0 Å². The molecule has 0 radical (unpaired) electrons. The van der Waals surface area contributed by atoms with Crippen LogP contribution in [-0.2, 0) is 16.6 Å². The van der Waals surface area contributed by atoms with Crippen LogP contribution in [0.25, 0.3) is 11.5 Å². The SMILES string of the molecule is CC(CCc1ccccc1-c1nc(C(=O)NCCCCC2CCCCC2)co1)(C(=O)O)c1ccccc1. The Morgan fingerprint density at radius 2 is 1.76 bits per heavy atom. The fraction of sp³-hybridized carbons (Fsp3) is 0.452. The Morgan fingerprint density at radius 3 is 2.51 bits per heavy atom. The summed E-state index contributed by atoms with van der Waals surface area (Å²) >= 11 is 0. The van der Waals surface area contributed by atoms with E-state index in [-0.39, 0.29) is 11.6 Å². The van der Waals surface area contributed by atoms with E-state index in [4.69, 9.17) is 4.42 Å². The van der Waals surface area contributed by atoms with E-state index in [0.717, 1.165) is 35.4 Å². The highest BCUT2D eigenvalue weighted by atomic mass is 16.4. The second kappa shape index (κ2) is 12.7. The van der Waals surface area contributed by atoms with E-state index >= 15 is 0 Å². The summed E-state index contributed by atoms with van der Waals surface area (Å²) in [5, 5.41) is 13.0. The van der Waals surface area contributed by atoms with Gasteiger partial charge in [-0.1, -0.05) is 93.5 Å². The first kappa shape index (κ1) is 26.6. The first-order chi connectivity index (χ1) is 18.0. The number of benzene rings is 2. The molecule has 0 spiro atoms. The van der Waals surface area contributed by atoms with Gasteiger partial charge < -0.3 is 14.8 Å². The standard InChI is InChI=1S/C31H38N2O4/c1-31(30(35)36,25-16-6-3-7-17-25)20-19-24-15-8-9-18-26(24)29-33-27(22-37-29)28(34)32-21-11-10-14-23-12-4-2-5-13-23/h3,6-9,15-18,22-23H,2,4-5,10-14,19-21H2,1H3,(H,32,34)(H,35,36). The number of amides is 1. The third-order valence-corrected chi connectivity index (χ3v) is 7.81. The third kappa shape index (κ3) is 6.88. The Kier molecular flexibility index (Phi) is 9.15. The Balaban J connectivity index is 1.35. The minimum Gasteiger partial charge on any atom is -0.481 e. The van der Waals surface area contributed by atoms with Crippen LogP contribution in [-0.4, -0.2) is 28.5 Å². The highest BCUT2D eigenvalue weighted by Crippen LogP contribution is 2.32. The number of nitrogens with one attached hydrogen (secondary N) is 1. The molecule has 6 nitrogen and oxygen atoms in total. The number of aromatic nitrogens is 1. The lowest BCUT2D eigenvalue weighted by Gasteiger charge is -2.25. The summed E-state index contributed by atoms with van der Waals surface area (Å²) < 4.78 is 5.70. The lowest BCUT2D eigenvalue weighted by molar-refractivity contribution is -0.143. The number of carboxylic acids is 1. The summed E-state index contributed by atoms with van der Waals surface area (Å²) in [5.41, 5.74) is 1.72. The van der Waals surface area contributed by atoms with Gasteiger partial charge >= 0.3 is 5.97 Å². The first-order valence-corrected chi connectivity index (χ1v) is 13.6. The van der Waals surface area contributed by atoms with Gasteiger partial charge in [-0.3, -0.25) is 9.59 Å². The van der Waals surface area contributed by atoms with Crippen LogP contribution in [0, 0.1) is 5.92 Å².